The summed E-state index contributed by atoms with van der Waals surface area (Å²) < 4.78 is 15.9. The molecule has 5 heteroatoms. The van der Waals surface area contributed by atoms with Gasteiger partial charge >= 0.3 is 0 Å². The maximum atomic E-state index is 14.1. The van der Waals surface area contributed by atoms with E-state index in [4.69, 9.17) is 16.9 Å². The van der Waals surface area contributed by atoms with E-state index in [2.05, 4.69) is 11.1 Å². The van der Waals surface area contributed by atoms with Crippen LogP contribution in [0.1, 0.15) is 11.1 Å². The van der Waals surface area contributed by atoms with Crippen LogP contribution in [0.5, 0.6) is 0 Å². The minimum atomic E-state index is -0.403. The molecule has 0 bridgehead atoms. The molecule has 3 rings (SSSR count). The van der Waals surface area contributed by atoms with Crippen LogP contribution in [0.2, 0.25) is 5.02 Å². The molecule has 0 unspecified atom stereocenters. The second-order valence-electron chi connectivity index (χ2n) is 4.78. The summed E-state index contributed by atoms with van der Waals surface area (Å²) in [4.78, 5) is 4.22. The Bertz CT molecular complexity index is 827. The van der Waals surface area contributed by atoms with Gasteiger partial charge in [0.1, 0.15) is 11.6 Å². The van der Waals surface area contributed by atoms with Crippen molar-refractivity contribution in [1.29, 1.82) is 5.26 Å². The van der Waals surface area contributed by atoms with Gasteiger partial charge in [0.05, 0.1) is 22.2 Å². The van der Waals surface area contributed by atoms with E-state index in [1.165, 1.54) is 6.07 Å². The second-order valence-corrected chi connectivity index (χ2v) is 5.19. The van der Waals surface area contributed by atoms with Crippen LogP contribution in [0, 0.1) is 17.1 Å². The van der Waals surface area contributed by atoms with Gasteiger partial charge in [0.25, 0.3) is 0 Å². The summed E-state index contributed by atoms with van der Waals surface area (Å²) in [5.74, 6) is 0.0761. The molecule has 0 N–H and O–H groups in total. The molecule has 0 aliphatic carbocycles. The van der Waals surface area contributed by atoms with Gasteiger partial charge in [-0.05, 0) is 29.8 Å². The van der Waals surface area contributed by atoms with Crippen molar-refractivity contribution >= 4 is 11.6 Å². The number of aromatic nitrogens is 2. The lowest BCUT2D eigenvalue weighted by Crippen LogP contribution is -2.02. The normalized spacial score (nSPS) is 10.4. The lowest BCUT2D eigenvalue weighted by atomic mass is 10.1. The van der Waals surface area contributed by atoms with E-state index in [-0.39, 0.29) is 0 Å². The molecular weight excluding hydrogens is 301 g/mol. The molecule has 0 saturated carbocycles. The topological polar surface area (TPSA) is 41.6 Å². The van der Waals surface area contributed by atoms with Gasteiger partial charge in [0, 0.05) is 18.9 Å². The molecular formula is C17H11ClFN3. The zero-order valence-corrected chi connectivity index (χ0v) is 12.3. The predicted molar refractivity (Wildman–Crippen MR) is 82.9 cm³/mol. The highest BCUT2D eigenvalue weighted by Gasteiger charge is 2.15. The van der Waals surface area contributed by atoms with E-state index in [1.54, 1.807) is 36.7 Å². The molecule has 2 aromatic carbocycles. The molecule has 0 atom stereocenters. The van der Waals surface area contributed by atoms with Crippen molar-refractivity contribution in [2.45, 2.75) is 6.54 Å². The molecule has 0 radical (unpaired) electrons. The zero-order chi connectivity index (χ0) is 15.5. The number of benzene rings is 2. The molecule has 0 fully saturated rings. The lowest BCUT2D eigenvalue weighted by Gasteiger charge is -2.10. The van der Waals surface area contributed by atoms with Crippen LogP contribution >= 0.6 is 11.6 Å². The van der Waals surface area contributed by atoms with Gasteiger partial charge in [-0.25, -0.2) is 9.37 Å². The Balaban J connectivity index is 1.97. The van der Waals surface area contributed by atoms with Crippen LogP contribution in [0.15, 0.2) is 54.9 Å². The maximum Gasteiger partial charge on any atom is 0.144 e. The lowest BCUT2D eigenvalue weighted by molar-refractivity contribution is 0.628. The Labute approximate surface area is 132 Å². The van der Waals surface area contributed by atoms with Crippen LogP contribution in [-0.2, 0) is 6.54 Å². The summed E-state index contributed by atoms with van der Waals surface area (Å²) in [5, 5.41) is 9.14. The molecule has 3 nitrogen and oxygen atoms in total. The molecule has 22 heavy (non-hydrogen) atoms. The van der Waals surface area contributed by atoms with Crippen molar-refractivity contribution in [3.8, 4) is 17.5 Å². The SMILES string of the molecule is N#Cc1ccc(Cn2ccnc2-c2c(F)cccc2Cl)cc1. The van der Waals surface area contributed by atoms with E-state index in [9.17, 15) is 4.39 Å². The monoisotopic (exact) mass is 311 g/mol. The summed E-state index contributed by atoms with van der Waals surface area (Å²) >= 11 is 6.11. The molecule has 1 heterocycles. The highest BCUT2D eigenvalue weighted by molar-refractivity contribution is 6.33. The van der Waals surface area contributed by atoms with Crippen molar-refractivity contribution in [2.24, 2.45) is 0 Å². The largest absolute Gasteiger partial charge is 0.326 e. The van der Waals surface area contributed by atoms with Gasteiger partial charge in [-0.3, -0.25) is 0 Å². The predicted octanol–water partition coefficient (Wildman–Crippen LogP) is 4.26. The van der Waals surface area contributed by atoms with E-state index in [1.807, 2.05) is 16.7 Å². The molecule has 0 saturated heterocycles. The number of halogens is 2. The fourth-order valence-electron chi connectivity index (χ4n) is 2.26. The fraction of sp³-hybridized carbons (Fsp3) is 0.0588. The zero-order valence-electron chi connectivity index (χ0n) is 11.5. The number of nitriles is 1. The first-order chi connectivity index (χ1) is 10.7. The average molecular weight is 312 g/mol. The smallest absolute Gasteiger partial charge is 0.144 e. The quantitative estimate of drug-likeness (QED) is 0.725. The van der Waals surface area contributed by atoms with Crippen LogP contribution in [0.4, 0.5) is 4.39 Å². The van der Waals surface area contributed by atoms with Gasteiger partial charge in [0.2, 0.25) is 0 Å². The summed E-state index contributed by atoms with van der Waals surface area (Å²) in [5.41, 5.74) is 1.89. The van der Waals surface area contributed by atoms with E-state index < -0.39 is 5.82 Å². The first-order valence-electron chi connectivity index (χ1n) is 6.63. The third-order valence-corrected chi connectivity index (χ3v) is 3.65. The summed E-state index contributed by atoms with van der Waals surface area (Å²) in [7, 11) is 0. The Morgan fingerprint density at radius 3 is 2.64 bits per heavy atom. The van der Waals surface area contributed by atoms with Crippen molar-refractivity contribution in [3.63, 3.8) is 0 Å². The Morgan fingerprint density at radius 2 is 1.95 bits per heavy atom. The van der Waals surface area contributed by atoms with Crippen LogP contribution < -0.4 is 0 Å². The fourth-order valence-corrected chi connectivity index (χ4v) is 2.51. The number of hydrogen-bond donors (Lipinski definition) is 0. The Morgan fingerprint density at radius 1 is 1.18 bits per heavy atom. The minimum Gasteiger partial charge on any atom is -0.326 e. The van der Waals surface area contributed by atoms with Crippen LogP contribution in [0.3, 0.4) is 0 Å². The molecule has 0 spiro atoms. The maximum absolute atomic E-state index is 14.1. The van der Waals surface area contributed by atoms with E-state index >= 15 is 0 Å². The average Bonchev–Trinajstić information content (AvgIpc) is 2.96. The molecule has 0 amide bonds. The van der Waals surface area contributed by atoms with Gasteiger partial charge in [-0.1, -0.05) is 29.8 Å². The Hall–Kier alpha value is -2.64. The van der Waals surface area contributed by atoms with Gasteiger partial charge in [-0.2, -0.15) is 5.26 Å². The summed E-state index contributed by atoms with van der Waals surface area (Å²) in [6.07, 6.45) is 3.39. The standard InChI is InChI=1S/C17H11ClFN3/c18-14-2-1-3-15(19)16(14)17-21-8-9-22(17)11-13-6-4-12(10-20)5-7-13/h1-9H,11H2. The van der Waals surface area contributed by atoms with Crippen molar-refractivity contribution < 1.29 is 4.39 Å². The summed E-state index contributed by atoms with van der Waals surface area (Å²) in [6, 6.07) is 13.9. The van der Waals surface area contributed by atoms with Crippen LogP contribution in [-0.4, -0.2) is 9.55 Å². The number of hydrogen-bond acceptors (Lipinski definition) is 2. The Kier molecular flexibility index (Phi) is 3.90. The molecule has 0 aliphatic heterocycles. The van der Waals surface area contributed by atoms with Crippen LogP contribution in [0.25, 0.3) is 11.4 Å². The van der Waals surface area contributed by atoms with E-state index in [0.717, 1.165) is 5.56 Å². The highest BCUT2D eigenvalue weighted by atomic mass is 35.5. The summed E-state index contributed by atoms with van der Waals surface area (Å²) in [6.45, 7) is 0.520. The number of imidazole rings is 1. The third-order valence-electron chi connectivity index (χ3n) is 3.34. The first kappa shape index (κ1) is 14.3. The molecule has 108 valence electrons. The van der Waals surface area contributed by atoms with Crippen molar-refractivity contribution in [2.75, 3.05) is 0 Å². The minimum absolute atomic E-state index is 0.294. The molecule has 3 aromatic rings. The third kappa shape index (κ3) is 2.72. The molecule has 0 aliphatic rings. The molecule has 1 aromatic heterocycles. The van der Waals surface area contributed by atoms with Gasteiger partial charge in [0.15, 0.2) is 0 Å². The van der Waals surface area contributed by atoms with Gasteiger partial charge < -0.3 is 4.57 Å². The van der Waals surface area contributed by atoms with Gasteiger partial charge in [-0.15, -0.1) is 0 Å². The number of rotatable bonds is 3. The van der Waals surface area contributed by atoms with E-state index in [0.29, 0.717) is 28.5 Å². The second kappa shape index (κ2) is 6.00. The number of nitrogens with zero attached hydrogens (tertiary/aromatic N) is 3. The first-order valence-corrected chi connectivity index (χ1v) is 7.01. The highest BCUT2D eigenvalue weighted by Crippen LogP contribution is 2.29. The van der Waals surface area contributed by atoms with Crippen molar-refractivity contribution in [3.05, 3.63) is 76.8 Å². The van der Waals surface area contributed by atoms with Crippen molar-refractivity contribution in [1.82, 2.24) is 9.55 Å².